The zero-order chi connectivity index (χ0) is 20.7. The molecule has 0 saturated heterocycles. The number of halogens is 1. The number of rotatable bonds is 4. The first-order chi connectivity index (χ1) is 13.8. The molecular weight excluding hydrogens is 397 g/mol. The maximum Gasteiger partial charge on any atom is 0.284 e. The lowest BCUT2D eigenvalue weighted by Gasteiger charge is -2.22. The second-order valence-corrected chi connectivity index (χ2v) is 7.62. The summed E-state index contributed by atoms with van der Waals surface area (Å²) in [5.41, 5.74) is 1.22. The van der Waals surface area contributed by atoms with Crippen LogP contribution in [0.3, 0.4) is 0 Å². The molecule has 29 heavy (non-hydrogen) atoms. The van der Waals surface area contributed by atoms with Crippen LogP contribution in [0.15, 0.2) is 29.6 Å². The largest absolute Gasteiger partial charge is 0.504 e. The van der Waals surface area contributed by atoms with Gasteiger partial charge in [-0.25, -0.2) is 9.37 Å². The molecule has 0 saturated carbocycles. The van der Waals surface area contributed by atoms with E-state index >= 15 is 0 Å². The molecule has 3 aromatic rings. The van der Waals surface area contributed by atoms with Crippen molar-refractivity contribution in [2.75, 3.05) is 18.5 Å². The van der Waals surface area contributed by atoms with E-state index in [2.05, 4.69) is 10.1 Å². The summed E-state index contributed by atoms with van der Waals surface area (Å²) in [4.78, 5) is 32.9. The molecule has 1 aliphatic rings. The molecule has 8 nitrogen and oxygen atoms in total. The van der Waals surface area contributed by atoms with Crippen LogP contribution >= 0.6 is 11.3 Å². The summed E-state index contributed by atoms with van der Waals surface area (Å²) < 4.78 is 14.6. The summed E-state index contributed by atoms with van der Waals surface area (Å²) in [6.45, 7) is 2.74. The fourth-order valence-corrected chi connectivity index (χ4v) is 3.89. The Labute approximate surface area is 169 Å². The first kappa shape index (κ1) is 19.1. The van der Waals surface area contributed by atoms with E-state index in [1.807, 2.05) is 6.92 Å². The van der Waals surface area contributed by atoms with Gasteiger partial charge in [0.1, 0.15) is 5.82 Å². The Balaban J connectivity index is 1.73. The van der Waals surface area contributed by atoms with E-state index in [0.717, 1.165) is 5.69 Å². The molecule has 2 aromatic heterocycles. The third-order valence-corrected chi connectivity index (χ3v) is 5.64. The molecule has 3 heterocycles. The van der Waals surface area contributed by atoms with Crippen LogP contribution in [0.4, 0.5) is 9.52 Å². The van der Waals surface area contributed by atoms with Crippen LogP contribution in [0, 0.1) is 12.7 Å². The minimum Gasteiger partial charge on any atom is -0.504 e. The lowest BCUT2D eigenvalue weighted by Crippen LogP contribution is -2.37. The number of carbonyl (C=O) groups excluding carboxylic acids is 2. The van der Waals surface area contributed by atoms with E-state index < -0.39 is 17.6 Å². The molecule has 4 rings (SSSR count). The predicted octanol–water partition coefficient (Wildman–Crippen LogP) is 2.43. The van der Waals surface area contributed by atoms with Crippen molar-refractivity contribution in [2.24, 2.45) is 0 Å². The topological polar surface area (TPSA) is 91.6 Å². The molecule has 1 aromatic carbocycles. The second-order valence-electron chi connectivity index (χ2n) is 6.78. The minimum absolute atomic E-state index is 0.000786. The molecule has 0 aliphatic carbocycles. The first-order valence-electron chi connectivity index (χ1n) is 8.89. The van der Waals surface area contributed by atoms with E-state index in [4.69, 9.17) is 0 Å². The Morgan fingerprint density at radius 3 is 2.69 bits per heavy atom. The highest BCUT2D eigenvalue weighted by molar-refractivity contribution is 7.14. The van der Waals surface area contributed by atoms with Crippen molar-refractivity contribution in [3.8, 4) is 5.75 Å². The summed E-state index contributed by atoms with van der Waals surface area (Å²) in [5, 5.41) is 17.0. The number of thiazole rings is 1. The van der Waals surface area contributed by atoms with Crippen LogP contribution in [0.5, 0.6) is 5.75 Å². The molecule has 0 fully saturated rings. The van der Waals surface area contributed by atoms with Crippen molar-refractivity contribution in [2.45, 2.75) is 20.0 Å². The van der Waals surface area contributed by atoms with Gasteiger partial charge in [-0.3, -0.25) is 19.2 Å². The zero-order valence-corrected chi connectivity index (χ0v) is 16.6. The van der Waals surface area contributed by atoms with Crippen molar-refractivity contribution < 1.29 is 19.1 Å². The molecule has 0 radical (unpaired) electrons. The van der Waals surface area contributed by atoms with Crippen LogP contribution < -0.4 is 4.90 Å². The van der Waals surface area contributed by atoms with Crippen LogP contribution in [0.25, 0.3) is 0 Å². The molecule has 1 N–H and O–H groups in total. The normalized spacial score (nSPS) is 13.5. The molecule has 150 valence electrons. The second kappa shape index (κ2) is 7.28. The Kier molecular flexibility index (Phi) is 4.79. The van der Waals surface area contributed by atoms with Gasteiger partial charge < -0.3 is 10.0 Å². The van der Waals surface area contributed by atoms with Crippen molar-refractivity contribution in [3.63, 3.8) is 0 Å². The SMILES string of the molecule is Cc1csc(N(Cc2ccc(F)cc2)C(=O)c2nn3c(c2O)C(=O)N(C)CC3)n1. The highest BCUT2D eigenvalue weighted by Gasteiger charge is 2.34. The number of amides is 2. The maximum atomic E-state index is 13.3. The fourth-order valence-electron chi connectivity index (χ4n) is 3.09. The van der Waals surface area contributed by atoms with Gasteiger partial charge in [0.2, 0.25) is 0 Å². The molecule has 1 aliphatic heterocycles. The van der Waals surface area contributed by atoms with Gasteiger partial charge in [-0.2, -0.15) is 5.10 Å². The summed E-state index contributed by atoms with van der Waals surface area (Å²) >= 11 is 1.27. The van der Waals surface area contributed by atoms with Crippen LogP contribution in [0.2, 0.25) is 0 Å². The third kappa shape index (κ3) is 3.46. The fraction of sp³-hybridized carbons (Fsp3) is 0.263. The predicted molar refractivity (Wildman–Crippen MR) is 105 cm³/mol. The summed E-state index contributed by atoms with van der Waals surface area (Å²) in [7, 11) is 1.62. The highest BCUT2D eigenvalue weighted by Crippen LogP contribution is 2.30. The number of aromatic hydroxyl groups is 1. The average molecular weight is 415 g/mol. The van der Waals surface area contributed by atoms with Crippen molar-refractivity contribution in [1.29, 1.82) is 0 Å². The number of anilines is 1. The number of hydrogen-bond donors (Lipinski definition) is 1. The number of hydrogen-bond acceptors (Lipinski definition) is 6. The molecule has 0 bridgehead atoms. The van der Waals surface area contributed by atoms with Crippen LogP contribution in [-0.4, -0.2) is 50.2 Å². The van der Waals surface area contributed by atoms with E-state index in [9.17, 15) is 19.1 Å². The Morgan fingerprint density at radius 1 is 1.31 bits per heavy atom. The first-order valence-corrected chi connectivity index (χ1v) is 9.77. The number of nitrogens with zero attached hydrogens (tertiary/aromatic N) is 5. The van der Waals surface area contributed by atoms with Gasteiger partial charge >= 0.3 is 0 Å². The zero-order valence-electron chi connectivity index (χ0n) is 15.8. The van der Waals surface area contributed by atoms with E-state index in [1.54, 1.807) is 24.6 Å². The molecule has 0 spiro atoms. The van der Waals surface area contributed by atoms with E-state index in [0.29, 0.717) is 23.8 Å². The van der Waals surface area contributed by atoms with Crippen LogP contribution in [-0.2, 0) is 13.1 Å². The minimum atomic E-state index is -0.585. The van der Waals surface area contributed by atoms with Crippen LogP contribution in [0.1, 0.15) is 32.2 Å². The van der Waals surface area contributed by atoms with Gasteiger partial charge in [0.05, 0.1) is 18.8 Å². The monoisotopic (exact) mass is 415 g/mol. The number of aromatic nitrogens is 3. The standard InChI is InChI=1S/C19H18FN5O3S/c1-11-10-29-19(21-11)24(9-12-3-5-13(20)6-4-12)17(27)14-16(26)15-18(28)23(2)7-8-25(15)22-14/h3-6,10,26H,7-9H2,1-2H3. The molecule has 0 atom stereocenters. The molecule has 2 amide bonds. The number of likely N-dealkylation sites (N-methyl/N-ethyl adjacent to an activating group) is 1. The molecule has 10 heteroatoms. The number of aryl methyl sites for hydroxylation is 1. The Hall–Kier alpha value is -3.27. The average Bonchev–Trinajstić information content (AvgIpc) is 3.27. The van der Waals surface area contributed by atoms with E-state index in [1.165, 1.54) is 38.0 Å². The van der Waals surface area contributed by atoms with E-state index in [-0.39, 0.29) is 23.7 Å². The number of fused-ring (bicyclic) bond motifs is 1. The van der Waals surface area contributed by atoms with Gasteiger partial charge in [-0.05, 0) is 24.6 Å². The van der Waals surface area contributed by atoms with Crippen molar-refractivity contribution >= 4 is 28.3 Å². The molecule has 0 unspecified atom stereocenters. The third-order valence-electron chi connectivity index (χ3n) is 4.66. The molecular formula is C19H18FN5O3S. The Bertz CT molecular complexity index is 1090. The smallest absolute Gasteiger partial charge is 0.284 e. The maximum absolute atomic E-state index is 13.3. The van der Waals surface area contributed by atoms with Gasteiger partial charge in [0.15, 0.2) is 22.3 Å². The van der Waals surface area contributed by atoms with Crippen molar-refractivity contribution in [1.82, 2.24) is 19.7 Å². The summed E-state index contributed by atoms with van der Waals surface area (Å²) in [5.74, 6) is -1.79. The number of benzene rings is 1. The highest BCUT2D eigenvalue weighted by atomic mass is 32.1. The summed E-state index contributed by atoms with van der Waals surface area (Å²) in [6, 6.07) is 5.78. The lowest BCUT2D eigenvalue weighted by atomic mass is 10.2. The van der Waals surface area contributed by atoms with Gasteiger partial charge in [-0.1, -0.05) is 12.1 Å². The van der Waals surface area contributed by atoms with Gasteiger partial charge in [0, 0.05) is 19.0 Å². The lowest BCUT2D eigenvalue weighted by molar-refractivity contribution is 0.0738. The Morgan fingerprint density at radius 2 is 2.03 bits per heavy atom. The van der Waals surface area contributed by atoms with Gasteiger partial charge in [0.25, 0.3) is 11.8 Å². The quantitative estimate of drug-likeness (QED) is 0.707. The number of carbonyl (C=O) groups is 2. The van der Waals surface area contributed by atoms with Crippen molar-refractivity contribution in [3.05, 3.63) is 58.1 Å². The van der Waals surface area contributed by atoms with Gasteiger partial charge in [-0.15, -0.1) is 11.3 Å². The summed E-state index contributed by atoms with van der Waals surface area (Å²) in [6.07, 6.45) is 0.